The van der Waals surface area contributed by atoms with Crippen LogP contribution in [0.5, 0.6) is 0 Å². The zero-order valence-corrected chi connectivity index (χ0v) is 4.85. The third-order valence-electron chi connectivity index (χ3n) is 0.828. The van der Waals surface area contributed by atoms with Gasteiger partial charge in [0, 0.05) is 0 Å². The lowest BCUT2D eigenvalue weighted by molar-refractivity contribution is -0.283. The fourth-order valence-electron chi connectivity index (χ4n) is 0.523. The molecule has 3 nitrogen and oxygen atoms in total. The molecule has 10 heavy (non-hydrogen) atoms. The van der Waals surface area contributed by atoms with Crippen molar-refractivity contribution in [1.82, 2.24) is 5.32 Å². The van der Waals surface area contributed by atoms with Gasteiger partial charge in [-0.05, 0) is 0 Å². The standard InChI is InChI=1S/C4H4F3N2O/c5-4(6,7)10-3-1-8-2-9-3/h1-2H2. The molecule has 0 N–H and O–H groups in total. The average molecular weight is 153 g/mol. The highest BCUT2D eigenvalue weighted by Crippen LogP contribution is 2.17. The molecule has 6 heteroatoms. The van der Waals surface area contributed by atoms with Crippen molar-refractivity contribution >= 4 is 5.90 Å². The summed E-state index contributed by atoms with van der Waals surface area (Å²) in [7, 11) is 0. The third-order valence-corrected chi connectivity index (χ3v) is 0.828. The molecule has 0 aromatic carbocycles. The van der Waals surface area contributed by atoms with Crippen molar-refractivity contribution in [3.8, 4) is 0 Å². The number of halogens is 3. The zero-order chi connectivity index (χ0) is 7.61. The molecule has 1 aliphatic rings. The largest absolute Gasteiger partial charge is 0.574 e. The Morgan fingerprint density at radius 1 is 1.40 bits per heavy atom. The van der Waals surface area contributed by atoms with Gasteiger partial charge in [0.15, 0.2) is 0 Å². The van der Waals surface area contributed by atoms with Crippen molar-refractivity contribution in [3.63, 3.8) is 0 Å². The van der Waals surface area contributed by atoms with Gasteiger partial charge in [-0.1, -0.05) is 0 Å². The number of alkyl halides is 3. The van der Waals surface area contributed by atoms with Gasteiger partial charge < -0.3 is 4.74 Å². The molecule has 0 unspecified atom stereocenters. The molecule has 0 aromatic heterocycles. The lowest BCUT2D eigenvalue weighted by Gasteiger charge is -2.05. The first-order valence-electron chi connectivity index (χ1n) is 2.50. The topological polar surface area (TPSA) is 35.7 Å². The van der Waals surface area contributed by atoms with Crippen LogP contribution < -0.4 is 5.32 Å². The van der Waals surface area contributed by atoms with Gasteiger partial charge in [0.2, 0.25) is 5.90 Å². The quantitative estimate of drug-likeness (QED) is 0.499. The molecule has 1 heterocycles. The SMILES string of the molecule is FC(F)(F)OC1=NC[N]C1. The predicted octanol–water partition coefficient (Wildman–Crippen LogP) is 0.497. The normalized spacial score (nSPS) is 18.9. The molecule has 0 fully saturated rings. The lowest BCUT2D eigenvalue weighted by atomic mass is 10.7. The van der Waals surface area contributed by atoms with Crippen molar-refractivity contribution in [2.24, 2.45) is 4.99 Å². The number of rotatable bonds is 0. The van der Waals surface area contributed by atoms with Gasteiger partial charge in [-0.15, -0.1) is 13.2 Å². The van der Waals surface area contributed by atoms with Crippen molar-refractivity contribution in [3.05, 3.63) is 0 Å². The maximum atomic E-state index is 11.4. The fourth-order valence-corrected chi connectivity index (χ4v) is 0.523. The van der Waals surface area contributed by atoms with E-state index in [2.05, 4.69) is 15.0 Å². The van der Waals surface area contributed by atoms with E-state index in [9.17, 15) is 13.2 Å². The van der Waals surface area contributed by atoms with Crippen LogP contribution in [0, 0.1) is 0 Å². The number of hydrogen-bond donors (Lipinski definition) is 0. The Kier molecular flexibility index (Phi) is 1.80. The fraction of sp³-hybridized carbons (Fsp3) is 0.750. The van der Waals surface area contributed by atoms with Crippen LogP contribution in [-0.2, 0) is 4.74 Å². The summed E-state index contributed by atoms with van der Waals surface area (Å²) in [6.07, 6.45) is -4.63. The summed E-state index contributed by atoms with van der Waals surface area (Å²) in [5.74, 6) is -0.354. The van der Waals surface area contributed by atoms with Crippen LogP contribution in [0.15, 0.2) is 4.99 Å². The highest BCUT2D eigenvalue weighted by atomic mass is 19.4. The molecule has 0 bridgehead atoms. The number of hydrogen-bond acceptors (Lipinski definition) is 2. The van der Waals surface area contributed by atoms with E-state index >= 15 is 0 Å². The smallest absolute Gasteiger partial charge is 0.391 e. The first-order chi connectivity index (χ1) is 4.58. The van der Waals surface area contributed by atoms with E-state index in [0.29, 0.717) is 0 Å². The second kappa shape index (κ2) is 2.45. The van der Waals surface area contributed by atoms with E-state index in [-0.39, 0.29) is 19.1 Å². The Morgan fingerprint density at radius 2 is 2.10 bits per heavy atom. The summed E-state index contributed by atoms with van der Waals surface area (Å²) in [5.41, 5.74) is 0. The van der Waals surface area contributed by atoms with Crippen LogP contribution in [0.3, 0.4) is 0 Å². The molecule has 0 aliphatic carbocycles. The number of aliphatic imine (C=N–C) groups is 1. The van der Waals surface area contributed by atoms with E-state index in [1.54, 1.807) is 0 Å². The summed E-state index contributed by atoms with van der Waals surface area (Å²) in [6, 6.07) is 0. The molecule has 0 spiro atoms. The molecule has 0 amide bonds. The minimum absolute atomic E-state index is 0.0699. The molecular weight excluding hydrogens is 149 g/mol. The summed E-state index contributed by atoms with van der Waals surface area (Å²) in [4.78, 5) is 3.33. The molecule has 1 radical (unpaired) electrons. The summed E-state index contributed by atoms with van der Waals surface area (Å²) in [6.45, 7) is 0.00488. The molecule has 0 atom stereocenters. The van der Waals surface area contributed by atoms with E-state index in [1.165, 1.54) is 0 Å². The summed E-state index contributed by atoms with van der Waals surface area (Å²) in [5, 5.41) is 3.52. The van der Waals surface area contributed by atoms with Gasteiger partial charge in [0.25, 0.3) is 0 Å². The van der Waals surface area contributed by atoms with Gasteiger partial charge in [0.1, 0.15) is 6.67 Å². The lowest BCUT2D eigenvalue weighted by Crippen LogP contribution is -2.21. The van der Waals surface area contributed by atoms with Crippen LogP contribution in [0.25, 0.3) is 0 Å². The van der Waals surface area contributed by atoms with E-state index < -0.39 is 6.36 Å². The van der Waals surface area contributed by atoms with Gasteiger partial charge in [-0.2, -0.15) is 0 Å². The first-order valence-corrected chi connectivity index (χ1v) is 2.50. The van der Waals surface area contributed by atoms with E-state index in [0.717, 1.165) is 0 Å². The van der Waals surface area contributed by atoms with E-state index in [4.69, 9.17) is 0 Å². The minimum atomic E-state index is -4.63. The van der Waals surface area contributed by atoms with Gasteiger partial charge >= 0.3 is 6.36 Å². The summed E-state index contributed by atoms with van der Waals surface area (Å²) < 4.78 is 37.5. The van der Waals surface area contributed by atoms with Crippen molar-refractivity contribution < 1.29 is 17.9 Å². The molecular formula is C4H4F3N2O. The van der Waals surface area contributed by atoms with Gasteiger partial charge in [-0.25, -0.2) is 10.3 Å². The second-order valence-electron chi connectivity index (χ2n) is 1.62. The number of ether oxygens (including phenoxy) is 1. The molecule has 0 aromatic rings. The maximum absolute atomic E-state index is 11.4. The maximum Gasteiger partial charge on any atom is 0.574 e. The zero-order valence-electron chi connectivity index (χ0n) is 4.85. The Labute approximate surface area is 54.9 Å². The summed E-state index contributed by atoms with van der Waals surface area (Å²) >= 11 is 0. The van der Waals surface area contributed by atoms with Crippen molar-refractivity contribution in [2.75, 3.05) is 13.2 Å². The predicted molar refractivity (Wildman–Crippen MR) is 26.4 cm³/mol. The molecule has 57 valence electrons. The van der Waals surface area contributed by atoms with Gasteiger partial charge in [0.05, 0.1) is 6.54 Å². The number of nitrogens with zero attached hydrogens (tertiary/aromatic N) is 2. The Hall–Kier alpha value is -0.780. The molecule has 0 saturated heterocycles. The van der Waals surface area contributed by atoms with Crippen LogP contribution in [0.2, 0.25) is 0 Å². The molecule has 1 rings (SSSR count). The van der Waals surface area contributed by atoms with E-state index in [1.807, 2.05) is 0 Å². The Balaban J connectivity index is 2.38. The molecule has 1 aliphatic heterocycles. The average Bonchev–Trinajstić information content (AvgIpc) is 2.12. The Bertz CT molecular complexity index is 153. The van der Waals surface area contributed by atoms with Crippen LogP contribution in [-0.4, -0.2) is 25.5 Å². The monoisotopic (exact) mass is 153 g/mol. The van der Waals surface area contributed by atoms with Crippen LogP contribution in [0.1, 0.15) is 0 Å². The second-order valence-corrected chi connectivity index (χ2v) is 1.62. The third kappa shape index (κ3) is 2.22. The van der Waals surface area contributed by atoms with Crippen molar-refractivity contribution in [2.45, 2.75) is 6.36 Å². The van der Waals surface area contributed by atoms with Crippen molar-refractivity contribution in [1.29, 1.82) is 0 Å². The van der Waals surface area contributed by atoms with Crippen LogP contribution >= 0.6 is 0 Å². The van der Waals surface area contributed by atoms with Crippen LogP contribution in [0.4, 0.5) is 13.2 Å². The highest BCUT2D eigenvalue weighted by Gasteiger charge is 2.33. The molecule has 0 saturated carbocycles. The Morgan fingerprint density at radius 3 is 2.50 bits per heavy atom. The first kappa shape index (κ1) is 7.33. The minimum Gasteiger partial charge on any atom is -0.391 e. The van der Waals surface area contributed by atoms with Gasteiger partial charge in [-0.3, -0.25) is 0 Å². The highest BCUT2D eigenvalue weighted by molar-refractivity contribution is 5.79.